The highest BCUT2D eigenvalue weighted by molar-refractivity contribution is 5.92. The molecule has 12 heteroatoms. The Morgan fingerprint density at radius 3 is 1.92 bits per heavy atom. The van der Waals surface area contributed by atoms with E-state index in [0.29, 0.717) is 5.56 Å². The van der Waals surface area contributed by atoms with E-state index >= 15 is 0 Å². The zero-order valence-electron chi connectivity index (χ0n) is 20.2. The van der Waals surface area contributed by atoms with Crippen LogP contribution in [0.4, 0.5) is 0 Å². The molecule has 2 rings (SSSR count). The summed E-state index contributed by atoms with van der Waals surface area (Å²) in [5.41, 5.74) is 12.2. The topological polar surface area (TPSA) is 206 Å². The van der Waals surface area contributed by atoms with Crippen LogP contribution in [0.3, 0.4) is 0 Å². The average molecular weight is 513 g/mol. The molecule has 198 valence electrons. The second-order valence-corrected chi connectivity index (χ2v) is 8.24. The van der Waals surface area contributed by atoms with E-state index in [1.165, 1.54) is 12.1 Å². The minimum atomic E-state index is -0.992. The number of carbonyl (C=O) groups is 5. The first-order valence-corrected chi connectivity index (χ1v) is 11.6. The minimum absolute atomic E-state index is 0.0194. The SMILES string of the molecule is NCCC(=O)N[C@@H](Cc1ccc(O)cc1)C(=O)NCC(=O)NCC(=O)N[C@@H](Cc1ccccc1)C(N)=O. The second kappa shape index (κ2) is 14.8. The number of aromatic hydroxyl groups is 1. The van der Waals surface area contributed by atoms with Gasteiger partial charge in [0.15, 0.2) is 0 Å². The van der Waals surface area contributed by atoms with E-state index in [1.807, 2.05) is 6.07 Å². The van der Waals surface area contributed by atoms with E-state index < -0.39 is 54.7 Å². The van der Waals surface area contributed by atoms with Gasteiger partial charge < -0.3 is 37.8 Å². The number of rotatable bonds is 14. The van der Waals surface area contributed by atoms with Crippen LogP contribution in [0.1, 0.15) is 17.5 Å². The highest BCUT2D eigenvalue weighted by Crippen LogP contribution is 2.11. The molecular formula is C25H32N6O6. The first kappa shape index (κ1) is 28.8. The number of phenols is 1. The van der Waals surface area contributed by atoms with Crippen LogP contribution in [0.15, 0.2) is 54.6 Å². The molecule has 0 saturated heterocycles. The Morgan fingerprint density at radius 2 is 1.30 bits per heavy atom. The Balaban J connectivity index is 1.85. The summed E-state index contributed by atoms with van der Waals surface area (Å²) in [4.78, 5) is 60.8. The Labute approximate surface area is 214 Å². The van der Waals surface area contributed by atoms with E-state index in [1.54, 1.807) is 36.4 Å². The van der Waals surface area contributed by atoms with Crippen LogP contribution in [0.5, 0.6) is 5.75 Å². The van der Waals surface area contributed by atoms with Crippen molar-refractivity contribution in [2.75, 3.05) is 19.6 Å². The van der Waals surface area contributed by atoms with Crippen LogP contribution >= 0.6 is 0 Å². The fourth-order valence-corrected chi connectivity index (χ4v) is 3.32. The molecule has 0 aliphatic heterocycles. The molecule has 2 aromatic carbocycles. The molecule has 12 nitrogen and oxygen atoms in total. The molecule has 0 fully saturated rings. The molecule has 0 heterocycles. The lowest BCUT2D eigenvalue weighted by atomic mass is 10.0. The van der Waals surface area contributed by atoms with Crippen molar-refractivity contribution in [1.29, 1.82) is 0 Å². The average Bonchev–Trinajstić information content (AvgIpc) is 2.87. The van der Waals surface area contributed by atoms with Crippen LogP contribution in [0, 0.1) is 0 Å². The van der Waals surface area contributed by atoms with Crippen molar-refractivity contribution in [2.24, 2.45) is 11.5 Å². The molecule has 37 heavy (non-hydrogen) atoms. The number of amides is 5. The summed E-state index contributed by atoms with van der Waals surface area (Å²) in [7, 11) is 0. The summed E-state index contributed by atoms with van der Waals surface area (Å²) in [6.45, 7) is -0.780. The van der Waals surface area contributed by atoms with Crippen LogP contribution in [0.2, 0.25) is 0 Å². The molecule has 9 N–H and O–H groups in total. The van der Waals surface area contributed by atoms with E-state index in [-0.39, 0.29) is 31.6 Å². The fraction of sp³-hybridized carbons (Fsp3) is 0.320. The van der Waals surface area contributed by atoms with E-state index in [4.69, 9.17) is 11.5 Å². The van der Waals surface area contributed by atoms with Gasteiger partial charge in [-0.1, -0.05) is 42.5 Å². The zero-order valence-corrected chi connectivity index (χ0v) is 20.2. The lowest BCUT2D eigenvalue weighted by molar-refractivity contribution is -0.131. The number of primary amides is 1. The highest BCUT2D eigenvalue weighted by Gasteiger charge is 2.22. The smallest absolute Gasteiger partial charge is 0.243 e. The van der Waals surface area contributed by atoms with Crippen molar-refractivity contribution >= 4 is 29.5 Å². The van der Waals surface area contributed by atoms with Gasteiger partial charge >= 0.3 is 0 Å². The van der Waals surface area contributed by atoms with Gasteiger partial charge in [-0.05, 0) is 23.3 Å². The standard InChI is InChI=1S/C25H32N6O6/c26-11-10-21(33)31-20(13-17-6-8-18(32)9-7-17)25(37)29-14-22(34)28-15-23(35)30-19(24(27)36)12-16-4-2-1-3-5-16/h1-9,19-20,32H,10-15,26H2,(H2,27,36)(H,28,34)(H,29,37)(H,30,35)(H,31,33)/t19-,20-/m0/s1. The van der Waals surface area contributed by atoms with Gasteiger partial charge in [0.05, 0.1) is 13.1 Å². The van der Waals surface area contributed by atoms with Gasteiger partial charge in [0.1, 0.15) is 17.8 Å². The van der Waals surface area contributed by atoms with E-state index in [9.17, 15) is 29.1 Å². The van der Waals surface area contributed by atoms with Crippen LogP contribution in [0.25, 0.3) is 0 Å². The summed E-state index contributed by atoms with van der Waals surface area (Å²) < 4.78 is 0. The molecule has 5 amide bonds. The van der Waals surface area contributed by atoms with E-state index in [0.717, 1.165) is 5.56 Å². The highest BCUT2D eigenvalue weighted by atomic mass is 16.3. The van der Waals surface area contributed by atoms with Gasteiger partial charge in [0, 0.05) is 25.8 Å². The summed E-state index contributed by atoms with van der Waals surface area (Å²) in [5, 5.41) is 19.3. The number of hydrogen-bond acceptors (Lipinski definition) is 7. The van der Waals surface area contributed by atoms with Crippen molar-refractivity contribution in [1.82, 2.24) is 21.3 Å². The van der Waals surface area contributed by atoms with Crippen LogP contribution in [-0.2, 0) is 36.8 Å². The van der Waals surface area contributed by atoms with E-state index in [2.05, 4.69) is 21.3 Å². The summed E-state index contributed by atoms with van der Waals surface area (Å²) >= 11 is 0. The maximum Gasteiger partial charge on any atom is 0.243 e. The number of phenolic OH excluding ortho intramolecular Hbond substituents is 1. The van der Waals surface area contributed by atoms with Gasteiger partial charge in [-0.2, -0.15) is 0 Å². The Kier molecular flexibility index (Phi) is 11.5. The minimum Gasteiger partial charge on any atom is -0.508 e. The van der Waals surface area contributed by atoms with Gasteiger partial charge in [-0.25, -0.2) is 0 Å². The van der Waals surface area contributed by atoms with Crippen LogP contribution in [-0.4, -0.2) is 66.4 Å². The van der Waals surface area contributed by atoms with Gasteiger partial charge in [0.2, 0.25) is 29.5 Å². The van der Waals surface area contributed by atoms with Crippen LogP contribution < -0.4 is 32.7 Å². The molecule has 0 saturated carbocycles. The predicted octanol–water partition coefficient (Wildman–Crippen LogP) is -1.79. The molecule has 2 aromatic rings. The molecule has 0 bridgehead atoms. The normalized spacial score (nSPS) is 12.0. The first-order chi connectivity index (χ1) is 17.7. The molecule has 0 aliphatic rings. The molecule has 2 atom stereocenters. The fourth-order valence-electron chi connectivity index (χ4n) is 3.32. The Bertz CT molecular complexity index is 1080. The summed E-state index contributed by atoms with van der Waals surface area (Å²) in [6.07, 6.45) is 0.331. The number of benzene rings is 2. The quantitative estimate of drug-likeness (QED) is 0.155. The number of nitrogens with one attached hydrogen (secondary N) is 4. The van der Waals surface area contributed by atoms with Crippen molar-refractivity contribution in [2.45, 2.75) is 31.3 Å². The Morgan fingerprint density at radius 1 is 0.730 bits per heavy atom. The largest absolute Gasteiger partial charge is 0.508 e. The molecule has 0 radical (unpaired) electrons. The zero-order chi connectivity index (χ0) is 27.2. The molecule has 0 aliphatic carbocycles. The van der Waals surface area contributed by atoms with Crippen molar-refractivity contribution in [3.05, 3.63) is 65.7 Å². The van der Waals surface area contributed by atoms with Crippen molar-refractivity contribution < 1.29 is 29.1 Å². The third kappa shape index (κ3) is 10.8. The van der Waals surface area contributed by atoms with Crippen molar-refractivity contribution in [3.8, 4) is 5.75 Å². The summed E-state index contributed by atoms with van der Waals surface area (Å²) in [5.74, 6) is -2.98. The van der Waals surface area contributed by atoms with Gasteiger partial charge in [-0.3, -0.25) is 24.0 Å². The number of carbonyl (C=O) groups excluding carboxylic acids is 5. The maximum absolute atomic E-state index is 12.7. The number of hydrogen-bond donors (Lipinski definition) is 7. The lowest BCUT2D eigenvalue weighted by Crippen LogP contribution is -2.52. The first-order valence-electron chi connectivity index (χ1n) is 11.6. The van der Waals surface area contributed by atoms with Gasteiger partial charge in [0.25, 0.3) is 0 Å². The Hall–Kier alpha value is -4.45. The molecule has 0 unspecified atom stereocenters. The molecule has 0 spiro atoms. The maximum atomic E-state index is 12.7. The monoisotopic (exact) mass is 512 g/mol. The summed E-state index contributed by atoms with van der Waals surface area (Å²) in [6, 6.07) is 13.2. The predicted molar refractivity (Wildman–Crippen MR) is 135 cm³/mol. The number of nitrogens with two attached hydrogens (primary N) is 2. The van der Waals surface area contributed by atoms with Crippen molar-refractivity contribution in [3.63, 3.8) is 0 Å². The lowest BCUT2D eigenvalue weighted by Gasteiger charge is -2.19. The molecular weight excluding hydrogens is 480 g/mol. The molecule has 0 aromatic heterocycles. The third-order valence-corrected chi connectivity index (χ3v) is 5.23. The van der Waals surface area contributed by atoms with Gasteiger partial charge in [-0.15, -0.1) is 0 Å². The third-order valence-electron chi connectivity index (χ3n) is 5.23. The second-order valence-electron chi connectivity index (χ2n) is 8.24.